The van der Waals surface area contributed by atoms with Crippen molar-refractivity contribution in [2.24, 2.45) is 5.92 Å². The van der Waals surface area contributed by atoms with Crippen molar-refractivity contribution in [1.82, 2.24) is 4.98 Å². The van der Waals surface area contributed by atoms with Crippen molar-refractivity contribution in [3.8, 4) is 5.75 Å². The van der Waals surface area contributed by atoms with E-state index in [1.54, 1.807) is 7.11 Å². The number of H-pyrrole nitrogens is 1. The molecule has 0 radical (unpaired) electrons. The lowest BCUT2D eigenvalue weighted by Crippen LogP contribution is -2.09. The van der Waals surface area contributed by atoms with Crippen LogP contribution in [0.4, 0.5) is 0 Å². The third-order valence-corrected chi connectivity index (χ3v) is 3.88. The molecular weight excluding hydrogens is 226 g/mol. The van der Waals surface area contributed by atoms with Gasteiger partial charge in [0.15, 0.2) is 0 Å². The Balaban J connectivity index is 1.95. The number of rotatable bonds is 3. The van der Waals surface area contributed by atoms with Crippen molar-refractivity contribution >= 4 is 16.7 Å². The van der Waals surface area contributed by atoms with Crippen LogP contribution in [0.3, 0.4) is 0 Å². The summed E-state index contributed by atoms with van der Waals surface area (Å²) in [6.07, 6.45) is 5.71. The summed E-state index contributed by atoms with van der Waals surface area (Å²) in [7, 11) is 1.68. The number of para-hydroxylation sites is 1. The summed E-state index contributed by atoms with van der Waals surface area (Å²) in [5.41, 5.74) is 2.25. The van der Waals surface area contributed by atoms with Crippen LogP contribution in [0.15, 0.2) is 24.4 Å². The van der Waals surface area contributed by atoms with Crippen molar-refractivity contribution in [2.45, 2.75) is 25.7 Å². The highest BCUT2D eigenvalue weighted by Gasteiger charge is 2.25. The highest BCUT2D eigenvalue weighted by Crippen LogP contribution is 2.31. The van der Waals surface area contributed by atoms with E-state index >= 15 is 0 Å². The molecule has 3 heteroatoms. The first-order valence-corrected chi connectivity index (χ1v) is 6.45. The van der Waals surface area contributed by atoms with E-state index in [4.69, 9.17) is 4.74 Å². The van der Waals surface area contributed by atoms with Gasteiger partial charge in [-0.25, -0.2) is 0 Å². The predicted molar refractivity (Wildman–Crippen MR) is 70.9 cm³/mol. The summed E-state index contributed by atoms with van der Waals surface area (Å²) in [4.78, 5) is 15.0. The maximum Gasteiger partial charge on any atom is 0.142 e. The van der Waals surface area contributed by atoms with E-state index in [9.17, 15) is 4.79 Å². The fourth-order valence-electron chi connectivity index (χ4n) is 2.89. The Kier molecular flexibility index (Phi) is 2.82. The zero-order chi connectivity index (χ0) is 12.5. The normalized spacial score (nSPS) is 19.6. The molecule has 0 saturated heterocycles. The summed E-state index contributed by atoms with van der Waals surface area (Å²) in [5.74, 6) is 1.50. The van der Waals surface area contributed by atoms with E-state index in [0.717, 1.165) is 36.9 Å². The molecule has 3 nitrogen and oxygen atoms in total. The molecule has 1 heterocycles. The molecule has 1 fully saturated rings. The van der Waals surface area contributed by atoms with Gasteiger partial charge in [-0.1, -0.05) is 12.1 Å². The van der Waals surface area contributed by atoms with Gasteiger partial charge in [-0.3, -0.25) is 4.79 Å². The van der Waals surface area contributed by atoms with Crippen molar-refractivity contribution in [2.75, 3.05) is 7.11 Å². The number of methoxy groups -OCH3 is 1. The molecule has 1 aliphatic rings. The first kappa shape index (κ1) is 11.3. The first-order chi connectivity index (χ1) is 8.79. The van der Waals surface area contributed by atoms with Gasteiger partial charge in [0, 0.05) is 23.9 Å². The number of nitrogens with one attached hydrogen (secondary N) is 1. The van der Waals surface area contributed by atoms with Gasteiger partial charge in [-0.2, -0.15) is 0 Å². The zero-order valence-corrected chi connectivity index (χ0v) is 10.5. The maximum atomic E-state index is 11.7. The standard InChI is InChI=1S/C15H17NO2/c1-18-14-7-3-5-12-11(9-16-15(12)14)8-10-4-2-6-13(10)17/h3,5,7,9-10,16H,2,4,6,8H2,1H3. The Hall–Kier alpha value is -1.77. The molecule has 1 aromatic carbocycles. The average Bonchev–Trinajstić information content (AvgIpc) is 2.97. The Labute approximate surface area is 106 Å². The van der Waals surface area contributed by atoms with Crippen molar-refractivity contribution in [3.63, 3.8) is 0 Å². The Morgan fingerprint density at radius 3 is 3.06 bits per heavy atom. The Bertz CT molecular complexity index is 585. The van der Waals surface area contributed by atoms with Gasteiger partial charge in [0.05, 0.1) is 12.6 Å². The highest BCUT2D eigenvalue weighted by atomic mass is 16.5. The number of fused-ring (bicyclic) bond motifs is 1. The molecule has 0 spiro atoms. The number of hydrogen-bond acceptors (Lipinski definition) is 2. The number of aromatic amines is 1. The number of ether oxygens (including phenoxy) is 1. The number of carbonyl (C=O) groups is 1. The molecule has 1 saturated carbocycles. The molecule has 1 N–H and O–H groups in total. The Morgan fingerprint density at radius 2 is 2.33 bits per heavy atom. The van der Waals surface area contributed by atoms with E-state index in [-0.39, 0.29) is 5.92 Å². The van der Waals surface area contributed by atoms with E-state index in [1.165, 1.54) is 10.9 Å². The van der Waals surface area contributed by atoms with Crippen LogP contribution >= 0.6 is 0 Å². The van der Waals surface area contributed by atoms with Gasteiger partial charge in [-0.15, -0.1) is 0 Å². The van der Waals surface area contributed by atoms with Crippen LogP contribution in [-0.2, 0) is 11.2 Å². The minimum absolute atomic E-state index is 0.218. The quantitative estimate of drug-likeness (QED) is 0.900. The number of ketones is 1. The third-order valence-electron chi connectivity index (χ3n) is 3.88. The molecule has 1 aromatic heterocycles. The smallest absolute Gasteiger partial charge is 0.142 e. The van der Waals surface area contributed by atoms with Crippen LogP contribution in [0.1, 0.15) is 24.8 Å². The van der Waals surface area contributed by atoms with Crippen LogP contribution in [-0.4, -0.2) is 17.9 Å². The molecule has 0 amide bonds. The minimum Gasteiger partial charge on any atom is -0.495 e. The number of Topliss-reactive ketones (excluding diaryl/α,β-unsaturated/α-hetero) is 1. The lowest BCUT2D eigenvalue weighted by atomic mass is 9.97. The van der Waals surface area contributed by atoms with Crippen molar-refractivity contribution < 1.29 is 9.53 Å². The molecule has 2 aromatic rings. The number of hydrogen-bond donors (Lipinski definition) is 1. The molecule has 94 valence electrons. The minimum atomic E-state index is 0.218. The van der Waals surface area contributed by atoms with E-state index < -0.39 is 0 Å². The van der Waals surface area contributed by atoms with Crippen LogP contribution < -0.4 is 4.74 Å². The van der Waals surface area contributed by atoms with Crippen molar-refractivity contribution in [3.05, 3.63) is 30.0 Å². The second kappa shape index (κ2) is 4.48. The first-order valence-electron chi connectivity index (χ1n) is 6.45. The van der Waals surface area contributed by atoms with Gasteiger partial charge >= 0.3 is 0 Å². The Morgan fingerprint density at radius 1 is 1.44 bits per heavy atom. The lowest BCUT2D eigenvalue weighted by Gasteiger charge is -2.07. The highest BCUT2D eigenvalue weighted by molar-refractivity contribution is 5.89. The SMILES string of the molecule is COc1cccc2c(CC3CCCC3=O)c[nH]c12. The molecular formula is C15H17NO2. The summed E-state index contributed by atoms with van der Waals surface area (Å²) in [6.45, 7) is 0. The predicted octanol–water partition coefficient (Wildman–Crippen LogP) is 3.09. The largest absolute Gasteiger partial charge is 0.495 e. The molecule has 0 aliphatic heterocycles. The molecule has 0 bridgehead atoms. The van der Waals surface area contributed by atoms with Crippen LogP contribution in [0.25, 0.3) is 10.9 Å². The maximum absolute atomic E-state index is 11.7. The van der Waals surface area contributed by atoms with E-state index in [2.05, 4.69) is 11.1 Å². The average molecular weight is 243 g/mol. The summed E-state index contributed by atoms with van der Waals surface area (Å²) >= 11 is 0. The van der Waals surface area contributed by atoms with E-state index in [0.29, 0.717) is 5.78 Å². The topological polar surface area (TPSA) is 42.1 Å². The van der Waals surface area contributed by atoms with Crippen LogP contribution in [0.5, 0.6) is 5.75 Å². The molecule has 1 unspecified atom stereocenters. The molecule has 1 aliphatic carbocycles. The monoisotopic (exact) mass is 243 g/mol. The summed E-state index contributed by atoms with van der Waals surface area (Å²) in [5, 5.41) is 1.18. The number of aromatic nitrogens is 1. The second-order valence-electron chi connectivity index (χ2n) is 4.96. The zero-order valence-electron chi connectivity index (χ0n) is 10.5. The number of benzene rings is 1. The summed E-state index contributed by atoms with van der Waals surface area (Å²) < 4.78 is 5.33. The second-order valence-corrected chi connectivity index (χ2v) is 4.96. The van der Waals surface area contributed by atoms with E-state index in [1.807, 2.05) is 18.3 Å². The van der Waals surface area contributed by atoms with Gasteiger partial charge in [0.1, 0.15) is 11.5 Å². The fourth-order valence-corrected chi connectivity index (χ4v) is 2.89. The van der Waals surface area contributed by atoms with Gasteiger partial charge in [0.25, 0.3) is 0 Å². The third kappa shape index (κ3) is 1.80. The summed E-state index contributed by atoms with van der Waals surface area (Å²) in [6, 6.07) is 6.03. The van der Waals surface area contributed by atoms with Gasteiger partial charge < -0.3 is 9.72 Å². The van der Waals surface area contributed by atoms with Gasteiger partial charge in [0.2, 0.25) is 0 Å². The fraction of sp³-hybridized carbons (Fsp3) is 0.400. The molecule has 18 heavy (non-hydrogen) atoms. The van der Waals surface area contributed by atoms with Crippen LogP contribution in [0.2, 0.25) is 0 Å². The molecule has 1 atom stereocenters. The van der Waals surface area contributed by atoms with Crippen LogP contribution in [0, 0.1) is 5.92 Å². The lowest BCUT2D eigenvalue weighted by molar-refractivity contribution is -0.120. The number of carbonyl (C=O) groups excluding carboxylic acids is 1. The van der Waals surface area contributed by atoms with Crippen molar-refractivity contribution in [1.29, 1.82) is 0 Å². The molecule has 3 rings (SSSR count). The van der Waals surface area contributed by atoms with Gasteiger partial charge in [-0.05, 0) is 30.9 Å².